The monoisotopic (exact) mass is 566 g/mol. The smallest absolute Gasteiger partial charge is 0.160 e. The number of ether oxygens (including phenoxy) is 1. The number of nitrogens with zero attached hydrogens (tertiary/aromatic N) is 3. The second kappa shape index (κ2) is 12.7. The summed E-state index contributed by atoms with van der Waals surface area (Å²) in [6.07, 6.45) is 1.67. The Kier molecular flexibility index (Phi) is 8.85. The molecule has 0 amide bonds. The van der Waals surface area contributed by atoms with E-state index in [1.807, 2.05) is 18.2 Å². The Morgan fingerprint density at radius 1 is 1.10 bits per heavy atom. The van der Waals surface area contributed by atoms with Gasteiger partial charge in [-0.2, -0.15) is 0 Å². The quantitative estimate of drug-likeness (QED) is 0.213. The summed E-state index contributed by atoms with van der Waals surface area (Å²) < 4.78 is 27.4. The van der Waals surface area contributed by atoms with Gasteiger partial charge in [-0.05, 0) is 57.6 Å². The molecule has 5 rings (SSSR count). The normalized spacial score (nSPS) is 15.6. The minimum atomic E-state index is -0.729. The number of fused-ring (bicyclic) bond motifs is 1. The Labute approximate surface area is 233 Å². The maximum Gasteiger partial charge on any atom is 0.160 e. The van der Waals surface area contributed by atoms with E-state index < -0.39 is 16.9 Å². The number of benzene rings is 3. The van der Waals surface area contributed by atoms with Crippen molar-refractivity contribution in [3.63, 3.8) is 0 Å². The lowest BCUT2D eigenvalue weighted by Gasteiger charge is -2.17. The van der Waals surface area contributed by atoms with Gasteiger partial charge in [0.2, 0.25) is 0 Å². The molecule has 7 nitrogen and oxygen atoms in total. The van der Waals surface area contributed by atoms with Crippen molar-refractivity contribution in [1.29, 1.82) is 0 Å². The van der Waals surface area contributed by atoms with Crippen LogP contribution in [0.1, 0.15) is 16.7 Å². The first-order valence-electron chi connectivity index (χ1n) is 12.4. The molecule has 0 radical (unpaired) electrons. The second-order valence-electron chi connectivity index (χ2n) is 8.95. The van der Waals surface area contributed by atoms with Crippen LogP contribution in [-0.2, 0) is 23.8 Å². The summed E-state index contributed by atoms with van der Waals surface area (Å²) in [6.45, 7) is 1.09. The summed E-state index contributed by atoms with van der Waals surface area (Å²) in [5, 5.41) is 13.4. The van der Waals surface area contributed by atoms with Gasteiger partial charge in [0, 0.05) is 25.1 Å². The van der Waals surface area contributed by atoms with Crippen LogP contribution in [0.3, 0.4) is 0 Å². The molecule has 2 atom stereocenters. The van der Waals surface area contributed by atoms with Crippen molar-refractivity contribution in [3.05, 3.63) is 112 Å². The highest BCUT2D eigenvalue weighted by atomic mass is 35.5. The SMILES string of the molecule is NCC(O)COS1=CCc2c1n(Cc1ccccc1)cnc2=Nc1ccc(OCc2cccc(F)c2)c(Cl)c1. The number of aromatic nitrogens is 2. The van der Waals surface area contributed by atoms with E-state index in [-0.39, 0.29) is 25.6 Å². The molecule has 3 N–H and O–H groups in total. The van der Waals surface area contributed by atoms with Crippen LogP contribution in [-0.4, -0.2) is 39.3 Å². The summed E-state index contributed by atoms with van der Waals surface area (Å²) in [5.41, 5.74) is 9.57. The fourth-order valence-corrected chi connectivity index (χ4v) is 6.05. The Bertz CT molecular complexity index is 1560. The average molecular weight is 567 g/mol. The Morgan fingerprint density at radius 3 is 2.69 bits per heavy atom. The first kappa shape index (κ1) is 27.2. The number of aliphatic hydroxyl groups excluding tert-OH is 1. The van der Waals surface area contributed by atoms with Gasteiger partial charge in [0.05, 0.1) is 29.7 Å². The minimum Gasteiger partial charge on any atom is -0.487 e. The molecule has 0 spiro atoms. The summed E-state index contributed by atoms with van der Waals surface area (Å²) in [4.78, 5) is 9.45. The molecular formula is C29H28ClFN4O3S. The minimum absolute atomic E-state index is 0.133. The van der Waals surface area contributed by atoms with Gasteiger partial charge in [-0.3, -0.25) is 0 Å². The van der Waals surface area contributed by atoms with Crippen LogP contribution in [0.15, 0.2) is 89.1 Å². The third-order valence-corrected chi connectivity index (χ3v) is 8.04. The Morgan fingerprint density at radius 2 is 1.92 bits per heavy atom. The summed E-state index contributed by atoms with van der Waals surface area (Å²) in [5.74, 6) is 0.166. The Hall–Kier alpha value is -3.34. The molecule has 10 heteroatoms. The van der Waals surface area contributed by atoms with Gasteiger partial charge in [0.1, 0.15) is 23.2 Å². The standard InChI is InChI=1S/C29H28ClFN4O3S/c30-26-14-23(9-10-27(26)37-17-21-7-4-8-22(31)13-21)34-28-25-11-12-39(38-18-24(36)15-32)29(25)35(19-33-28)16-20-5-2-1-3-6-20/h1-10,12-14,19,24,36H,11,15-18,32H2. The van der Waals surface area contributed by atoms with Crippen LogP contribution in [0.5, 0.6) is 5.75 Å². The molecule has 0 saturated carbocycles. The lowest BCUT2D eigenvalue weighted by atomic mass is 10.2. The molecule has 0 bridgehead atoms. The van der Waals surface area contributed by atoms with Gasteiger partial charge in [0.15, 0.2) is 5.49 Å². The van der Waals surface area contributed by atoms with E-state index in [9.17, 15) is 9.50 Å². The van der Waals surface area contributed by atoms with Crippen LogP contribution in [0.2, 0.25) is 5.02 Å². The predicted octanol–water partition coefficient (Wildman–Crippen LogP) is 4.77. The molecule has 4 aromatic rings. The molecular weight excluding hydrogens is 539 g/mol. The van der Waals surface area contributed by atoms with Crippen molar-refractivity contribution >= 4 is 33.4 Å². The van der Waals surface area contributed by atoms with Crippen molar-refractivity contribution in [2.45, 2.75) is 30.7 Å². The third-order valence-electron chi connectivity index (χ3n) is 6.03. The van der Waals surface area contributed by atoms with Crippen molar-refractivity contribution in [2.75, 3.05) is 13.2 Å². The number of rotatable bonds is 10. The predicted molar refractivity (Wildman–Crippen MR) is 152 cm³/mol. The molecule has 3 aromatic carbocycles. The number of hydrogen-bond donors (Lipinski definition) is 2. The molecule has 0 aliphatic carbocycles. The van der Waals surface area contributed by atoms with Gasteiger partial charge in [-0.15, -0.1) is 0 Å². The van der Waals surface area contributed by atoms with Gasteiger partial charge in [0.25, 0.3) is 0 Å². The maximum absolute atomic E-state index is 13.5. The molecule has 1 aromatic heterocycles. The first-order valence-corrected chi connectivity index (χ1v) is 14.0. The highest BCUT2D eigenvalue weighted by Gasteiger charge is 2.21. The van der Waals surface area contributed by atoms with E-state index in [4.69, 9.17) is 31.2 Å². The lowest BCUT2D eigenvalue weighted by molar-refractivity contribution is 0.125. The van der Waals surface area contributed by atoms with E-state index in [0.717, 1.165) is 16.2 Å². The molecule has 202 valence electrons. The van der Waals surface area contributed by atoms with E-state index >= 15 is 0 Å². The number of nitrogens with two attached hydrogens (primary N) is 1. The molecule has 2 heterocycles. The van der Waals surface area contributed by atoms with Gasteiger partial charge in [-0.25, -0.2) is 14.4 Å². The molecule has 1 aliphatic rings. The molecule has 0 saturated heterocycles. The fourth-order valence-electron chi connectivity index (χ4n) is 4.08. The van der Waals surface area contributed by atoms with Crippen molar-refractivity contribution in [2.24, 2.45) is 10.7 Å². The highest BCUT2D eigenvalue weighted by Crippen LogP contribution is 2.35. The lowest BCUT2D eigenvalue weighted by Crippen LogP contribution is -2.24. The highest BCUT2D eigenvalue weighted by molar-refractivity contribution is 8.11. The summed E-state index contributed by atoms with van der Waals surface area (Å²) in [6, 6.07) is 21.6. The van der Waals surface area contributed by atoms with Crippen molar-refractivity contribution < 1.29 is 18.4 Å². The van der Waals surface area contributed by atoms with Crippen LogP contribution >= 0.6 is 22.4 Å². The van der Waals surface area contributed by atoms with Crippen LogP contribution in [0, 0.1) is 5.82 Å². The number of aliphatic hydroxyl groups is 1. The van der Waals surface area contributed by atoms with E-state index in [2.05, 4.69) is 27.1 Å². The van der Waals surface area contributed by atoms with Crippen LogP contribution in [0.4, 0.5) is 10.1 Å². The zero-order valence-corrected chi connectivity index (χ0v) is 22.6. The number of hydrogen-bond acceptors (Lipinski definition) is 6. The van der Waals surface area contributed by atoms with Gasteiger partial charge < -0.3 is 24.3 Å². The van der Waals surface area contributed by atoms with E-state index in [0.29, 0.717) is 40.5 Å². The zero-order chi connectivity index (χ0) is 27.2. The molecule has 39 heavy (non-hydrogen) atoms. The summed E-state index contributed by atoms with van der Waals surface area (Å²) >= 11 is 6.49. The zero-order valence-electron chi connectivity index (χ0n) is 21.0. The molecule has 2 unspecified atom stereocenters. The molecule has 1 aliphatic heterocycles. The van der Waals surface area contributed by atoms with Crippen molar-refractivity contribution in [1.82, 2.24) is 9.55 Å². The van der Waals surface area contributed by atoms with Crippen molar-refractivity contribution in [3.8, 4) is 5.75 Å². The third kappa shape index (κ3) is 6.81. The van der Waals surface area contributed by atoms with Crippen LogP contribution < -0.4 is 16.0 Å². The van der Waals surface area contributed by atoms with Crippen LogP contribution in [0.25, 0.3) is 0 Å². The van der Waals surface area contributed by atoms with E-state index in [1.165, 1.54) is 12.1 Å². The fraction of sp³-hybridized carbons (Fsp3) is 0.207. The maximum atomic E-state index is 13.5. The summed E-state index contributed by atoms with van der Waals surface area (Å²) in [7, 11) is -0.659. The van der Waals surface area contributed by atoms with Gasteiger partial charge in [-0.1, -0.05) is 54.1 Å². The van der Waals surface area contributed by atoms with Gasteiger partial charge >= 0.3 is 0 Å². The first-order chi connectivity index (χ1) is 19.0. The average Bonchev–Trinajstić information content (AvgIpc) is 3.38. The Balaban J connectivity index is 1.43. The number of halogens is 2. The second-order valence-corrected chi connectivity index (χ2v) is 10.9. The van der Waals surface area contributed by atoms with E-state index in [1.54, 1.807) is 36.7 Å². The topological polar surface area (TPSA) is 94.9 Å². The largest absolute Gasteiger partial charge is 0.487 e. The molecule has 0 fully saturated rings.